The van der Waals surface area contributed by atoms with Gasteiger partial charge in [0.05, 0.1) is 0 Å². The Kier molecular flexibility index (Phi) is 5.41. The average Bonchev–Trinajstić information content (AvgIpc) is 2.89. The lowest BCUT2D eigenvalue weighted by molar-refractivity contribution is 0.0755. The third-order valence-electron chi connectivity index (χ3n) is 4.26. The lowest BCUT2D eigenvalue weighted by Gasteiger charge is -2.20. The Morgan fingerprint density at radius 2 is 1.79 bits per heavy atom. The Balaban J connectivity index is 1.72. The molecule has 0 atom stereocenters. The summed E-state index contributed by atoms with van der Waals surface area (Å²) in [6.07, 6.45) is 4.57. The molecule has 126 valence electrons. The molecule has 2 aromatic rings. The van der Waals surface area contributed by atoms with Crippen LogP contribution in [-0.4, -0.2) is 33.9 Å². The van der Waals surface area contributed by atoms with Crippen LogP contribution >= 0.6 is 0 Å². The molecular weight excluding hydrogens is 300 g/mol. The van der Waals surface area contributed by atoms with Gasteiger partial charge in [-0.2, -0.15) is 0 Å². The van der Waals surface area contributed by atoms with E-state index in [1.54, 1.807) is 6.07 Å². The molecular formula is C19H24N4O. The molecule has 0 aliphatic carbocycles. The molecule has 1 aliphatic rings. The molecule has 1 amide bonds. The summed E-state index contributed by atoms with van der Waals surface area (Å²) in [6.45, 7) is 4.19. The number of rotatable bonds is 4. The van der Waals surface area contributed by atoms with Crippen molar-refractivity contribution in [1.82, 2.24) is 14.9 Å². The fourth-order valence-electron chi connectivity index (χ4n) is 2.97. The third kappa shape index (κ3) is 4.31. The Labute approximate surface area is 143 Å². The van der Waals surface area contributed by atoms with Gasteiger partial charge in [0.2, 0.25) is 5.95 Å². The van der Waals surface area contributed by atoms with Crippen molar-refractivity contribution in [3.8, 4) is 0 Å². The molecule has 0 radical (unpaired) electrons. The van der Waals surface area contributed by atoms with Crippen LogP contribution < -0.4 is 5.32 Å². The minimum absolute atomic E-state index is 0.0187. The molecule has 0 saturated carbocycles. The van der Waals surface area contributed by atoms with Crippen LogP contribution in [0, 0.1) is 6.92 Å². The number of benzene rings is 1. The minimum atomic E-state index is 0.0187. The first-order valence-electron chi connectivity index (χ1n) is 8.65. The minimum Gasteiger partial charge on any atom is -0.350 e. The number of anilines is 1. The van der Waals surface area contributed by atoms with Crippen LogP contribution in [0.5, 0.6) is 0 Å². The van der Waals surface area contributed by atoms with Crippen molar-refractivity contribution in [2.75, 3.05) is 18.4 Å². The summed E-state index contributed by atoms with van der Waals surface area (Å²) >= 11 is 0. The van der Waals surface area contributed by atoms with E-state index in [1.807, 2.05) is 42.2 Å². The van der Waals surface area contributed by atoms with Gasteiger partial charge in [-0.3, -0.25) is 4.79 Å². The largest absolute Gasteiger partial charge is 0.350 e. The zero-order valence-electron chi connectivity index (χ0n) is 14.2. The molecule has 3 rings (SSSR count). The van der Waals surface area contributed by atoms with E-state index in [2.05, 4.69) is 15.3 Å². The van der Waals surface area contributed by atoms with Gasteiger partial charge in [0.15, 0.2) is 0 Å². The number of aryl methyl sites for hydroxylation is 1. The fourth-order valence-corrected chi connectivity index (χ4v) is 2.97. The molecule has 1 aliphatic heterocycles. The Morgan fingerprint density at radius 3 is 2.50 bits per heavy atom. The second-order valence-electron chi connectivity index (χ2n) is 6.26. The number of nitrogens with zero attached hydrogens (tertiary/aromatic N) is 3. The van der Waals surface area contributed by atoms with Crippen LogP contribution in [0.3, 0.4) is 0 Å². The van der Waals surface area contributed by atoms with Crippen LogP contribution in [0.2, 0.25) is 0 Å². The number of nitrogens with one attached hydrogen (secondary N) is 1. The molecule has 0 spiro atoms. The molecule has 2 heterocycles. The summed E-state index contributed by atoms with van der Waals surface area (Å²) in [4.78, 5) is 23.5. The lowest BCUT2D eigenvalue weighted by Crippen LogP contribution is -2.32. The quantitative estimate of drug-likeness (QED) is 0.936. The Morgan fingerprint density at radius 1 is 1.08 bits per heavy atom. The van der Waals surface area contributed by atoms with E-state index in [0.717, 1.165) is 37.2 Å². The van der Waals surface area contributed by atoms with E-state index < -0.39 is 0 Å². The number of carbonyl (C=O) groups is 1. The maximum atomic E-state index is 12.7. The van der Waals surface area contributed by atoms with Gasteiger partial charge in [0.25, 0.3) is 5.91 Å². The molecule has 24 heavy (non-hydrogen) atoms. The number of hydrogen-bond acceptors (Lipinski definition) is 4. The first kappa shape index (κ1) is 16.4. The summed E-state index contributed by atoms with van der Waals surface area (Å²) < 4.78 is 0. The Bertz CT molecular complexity index is 679. The van der Waals surface area contributed by atoms with Crippen molar-refractivity contribution in [3.05, 3.63) is 53.3 Å². The SMILES string of the molecule is Cc1cc(C(=O)N2CCCCCC2)nc(NCc2ccccc2)n1. The van der Waals surface area contributed by atoms with Gasteiger partial charge in [-0.05, 0) is 31.4 Å². The van der Waals surface area contributed by atoms with Crippen LogP contribution in [0.4, 0.5) is 5.95 Å². The summed E-state index contributed by atoms with van der Waals surface area (Å²) in [5.74, 6) is 0.530. The number of carbonyl (C=O) groups excluding carboxylic acids is 1. The van der Waals surface area contributed by atoms with Crippen LogP contribution in [0.1, 0.15) is 47.4 Å². The van der Waals surface area contributed by atoms with Gasteiger partial charge in [-0.25, -0.2) is 9.97 Å². The molecule has 1 aromatic carbocycles. The Hall–Kier alpha value is -2.43. The molecule has 1 fully saturated rings. The van der Waals surface area contributed by atoms with Gasteiger partial charge >= 0.3 is 0 Å². The predicted molar refractivity (Wildman–Crippen MR) is 94.9 cm³/mol. The van der Waals surface area contributed by atoms with E-state index in [9.17, 15) is 4.79 Å². The monoisotopic (exact) mass is 324 g/mol. The van der Waals surface area contributed by atoms with Gasteiger partial charge in [-0.15, -0.1) is 0 Å². The van der Waals surface area contributed by atoms with Crippen molar-refractivity contribution in [2.45, 2.75) is 39.2 Å². The standard InChI is InChI=1S/C19H24N4O/c1-15-13-17(18(24)23-11-7-2-3-8-12-23)22-19(21-15)20-14-16-9-5-4-6-10-16/h4-6,9-10,13H,2-3,7-8,11-12,14H2,1H3,(H,20,21,22). The highest BCUT2D eigenvalue weighted by Gasteiger charge is 2.19. The van der Waals surface area contributed by atoms with E-state index >= 15 is 0 Å². The maximum absolute atomic E-state index is 12.7. The van der Waals surface area contributed by atoms with Crippen molar-refractivity contribution in [3.63, 3.8) is 0 Å². The van der Waals surface area contributed by atoms with Crippen molar-refractivity contribution < 1.29 is 4.79 Å². The number of amides is 1. The van der Waals surface area contributed by atoms with Gasteiger partial charge in [0.1, 0.15) is 5.69 Å². The van der Waals surface area contributed by atoms with Gasteiger partial charge < -0.3 is 10.2 Å². The van der Waals surface area contributed by atoms with Crippen molar-refractivity contribution in [2.24, 2.45) is 0 Å². The van der Waals surface area contributed by atoms with E-state index in [-0.39, 0.29) is 5.91 Å². The zero-order valence-corrected chi connectivity index (χ0v) is 14.2. The fraction of sp³-hybridized carbons (Fsp3) is 0.421. The predicted octanol–water partition coefficient (Wildman–Crippen LogP) is 3.41. The summed E-state index contributed by atoms with van der Waals surface area (Å²) in [7, 11) is 0. The highest BCUT2D eigenvalue weighted by atomic mass is 16.2. The molecule has 0 bridgehead atoms. The molecule has 1 aromatic heterocycles. The summed E-state index contributed by atoms with van der Waals surface area (Å²) in [5, 5.41) is 3.22. The van der Waals surface area contributed by atoms with Gasteiger partial charge in [-0.1, -0.05) is 43.2 Å². The van der Waals surface area contributed by atoms with Crippen LogP contribution in [-0.2, 0) is 6.54 Å². The van der Waals surface area contributed by atoms with Gasteiger partial charge in [0, 0.05) is 25.3 Å². The van der Waals surface area contributed by atoms with Crippen molar-refractivity contribution >= 4 is 11.9 Å². The molecule has 1 N–H and O–H groups in total. The highest BCUT2D eigenvalue weighted by Crippen LogP contribution is 2.14. The third-order valence-corrected chi connectivity index (χ3v) is 4.26. The van der Waals surface area contributed by atoms with Crippen LogP contribution in [0.25, 0.3) is 0 Å². The smallest absolute Gasteiger partial charge is 0.272 e. The lowest BCUT2D eigenvalue weighted by atomic mass is 10.2. The zero-order chi connectivity index (χ0) is 16.8. The average molecular weight is 324 g/mol. The topological polar surface area (TPSA) is 58.1 Å². The second kappa shape index (κ2) is 7.90. The number of hydrogen-bond donors (Lipinski definition) is 1. The molecule has 5 nitrogen and oxygen atoms in total. The van der Waals surface area contributed by atoms with Crippen molar-refractivity contribution in [1.29, 1.82) is 0 Å². The second-order valence-corrected chi connectivity index (χ2v) is 6.26. The normalized spacial score (nSPS) is 15.0. The molecule has 0 unspecified atom stereocenters. The first-order valence-corrected chi connectivity index (χ1v) is 8.65. The highest BCUT2D eigenvalue weighted by molar-refractivity contribution is 5.92. The summed E-state index contributed by atoms with van der Waals surface area (Å²) in [5.41, 5.74) is 2.45. The maximum Gasteiger partial charge on any atom is 0.272 e. The van der Waals surface area contributed by atoms with E-state index in [4.69, 9.17) is 0 Å². The van der Waals surface area contributed by atoms with Crippen LogP contribution in [0.15, 0.2) is 36.4 Å². The van der Waals surface area contributed by atoms with E-state index in [1.165, 1.54) is 12.8 Å². The first-order chi connectivity index (χ1) is 11.7. The molecule has 5 heteroatoms. The molecule has 1 saturated heterocycles. The summed E-state index contributed by atoms with van der Waals surface area (Å²) in [6, 6.07) is 11.9. The van der Waals surface area contributed by atoms with E-state index in [0.29, 0.717) is 18.2 Å². The number of aromatic nitrogens is 2. The number of likely N-dealkylation sites (tertiary alicyclic amines) is 1.